The number of benzene rings is 1. The average Bonchev–Trinajstić information content (AvgIpc) is 3.26. The first-order valence-electron chi connectivity index (χ1n) is 8.05. The Balaban J connectivity index is 1.51. The van der Waals surface area contributed by atoms with Crippen molar-refractivity contribution in [3.63, 3.8) is 0 Å². The number of hydrogen-bond donors (Lipinski definition) is 2. The van der Waals surface area contributed by atoms with E-state index in [0.717, 1.165) is 22.2 Å². The van der Waals surface area contributed by atoms with Gasteiger partial charge in [0.2, 0.25) is 5.91 Å². The van der Waals surface area contributed by atoms with Gasteiger partial charge in [-0.05, 0) is 25.1 Å². The lowest BCUT2D eigenvalue weighted by atomic mass is 10.0. The van der Waals surface area contributed by atoms with E-state index < -0.39 is 5.66 Å². The van der Waals surface area contributed by atoms with E-state index in [1.807, 2.05) is 36.6 Å². The van der Waals surface area contributed by atoms with Crippen LogP contribution in [0.1, 0.15) is 31.4 Å². The molecule has 1 aliphatic heterocycles. The Morgan fingerprint density at radius 2 is 2.12 bits per heavy atom. The second kappa shape index (κ2) is 7.45. The number of anilines is 3. The van der Waals surface area contributed by atoms with E-state index in [-0.39, 0.29) is 5.91 Å². The quantitative estimate of drug-likeness (QED) is 0.686. The fourth-order valence-corrected chi connectivity index (χ4v) is 3.12. The van der Waals surface area contributed by atoms with Crippen LogP contribution in [0.4, 0.5) is 16.5 Å². The summed E-state index contributed by atoms with van der Waals surface area (Å²) in [5.41, 5.74) is 2.18. The SMILES string of the molecule is C#CCCC1(CCC(=O)Nc2cccc(Nc3nc(C)cs3)c2)N=N1. The number of carbonyl (C=O) groups excluding carboxylic acids is 1. The number of aryl methyl sites for hydroxylation is 1. The van der Waals surface area contributed by atoms with Gasteiger partial charge in [-0.1, -0.05) is 6.07 Å². The molecule has 128 valence electrons. The maximum absolute atomic E-state index is 12.2. The first-order valence-corrected chi connectivity index (χ1v) is 8.93. The summed E-state index contributed by atoms with van der Waals surface area (Å²) in [6, 6.07) is 7.56. The number of rotatable bonds is 8. The summed E-state index contributed by atoms with van der Waals surface area (Å²) in [5, 5.41) is 17.1. The molecule has 1 amide bonds. The van der Waals surface area contributed by atoms with Gasteiger partial charge in [0.05, 0.1) is 5.69 Å². The summed E-state index contributed by atoms with van der Waals surface area (Å²) >= 11 is 1.54. The zero-order valence-corrected chi connectivity index (χ0v) is 14.8. The molecule has 1 aliphatic rings. The van der Waals surface area contributed by atoms with Crippen LogP contribution in [0.5, 0.6) is 0 Å². The molecule has 0 aliphatic carbocycles. The van der Waals surface area contributed by atoms with Gasteiger partial charge in [0.15, 0.2) is 10.8 Å². The van der Waals surface area contributed by atoms with E-state index >= 15 is 0 Å². The number of terminal acetylenes is 1. The van der Waals surface area contributed by atoms with Gasteiger partial charge in [0.25, 0.3) is 0 Å². The largest absolute Gasteiger partial charge is 0.331 e. The summed E-state index contributed by atoms with van der Waals surface area (Å²) in [6.45, 7) is 1.95. The number of amides is 1. The van der Waals surface area contributed by atoms with Crippen LogP contribution in [-0.4, -0.2) is 16.6 Å². The Hall–Kier alpha value is -2.72. The van der Waals surface area contributed by atoms with Crippen LogP contribution >= 0.6 is 11.3 Å². The molecule has 0 bridgehead atoms. The first-order chi connectivity index (χ1) is 12.1. The van der Waals surface area contributed by atoms with Crippen molar-refractivity contribution in [3.8, 4) is 12.3 Å². The fourth-order valence-electron chi connectivity index (χ4n) is 2.41. The van der Waals surface area contributed by atoms with Crippen molar-refractivity contribution >= 4 is 33.8 Å². The molecule has 0 unspecified atom stereocenters. The molecule has 25 heavy (non-hydrogen) atoms. The Bertz CT molecular complexity index is 830. The lowest BCUT2D eigenvalue weighted by Crippen LogP contribution is -2.17. The molecule has 0 spiro atoms. The van der Waals surface area contributed by atoms with Crippen molar-refractivity contribution in [2.24, 2.45) is 10.2 Å². The van der Waals surface area contributed by atoms with Gasteiger partial charge in [0, 0.05) is 42.4 Å². The van der Waals surface area contributed by atoms with Crippen molar-refractivity contribution in [3.05, 3.63) is 35.3 Å². The highest BCUT2D eigenvalue weighted by Gasteiger charge is 2.39. The molecule has 3 rings (SSSR count). The van der Waals surface area contributed by atoms with Gasteiger partial charge in [-0.3, -0.25) is 4.79 Å². The molecule has 6 nitrogen and oxygen atoms in total. The molecule has 0 saturated carbocycles. The third-order valence-corrected chi connectivity index (χ3v) is 4.70. The molecule has 0 fully saturated rings. The van der Waals surface area contributed by atoms with Crippen LogP contribution in [0.3, 0.4) is 0 Å². The van der Waals surface area contributed by atoms with Crippen molar-refractivity contribution in [1.82, 2.24) is 4.98 Å². The van der Waals surface area contributed by atoms with Crippen molar-refractivity contribution in [1.29, 1.82) is 0 Å². The second-order valence-corrected chi connectivity index (χ2v) is 6.79. The molecule has 2 heterocycles. The lowest BCUT2D eigenvalue weighted by molar-refractivity contribution is -0.116. The molecular weight excluding hydrogens is 334 g/mol. The second-order valence-electron chi connectivity index (χ2n) is 5.93. The predicted octanol–water partition coefficient (Wildman–Crippen LogP) is 4.49. The Morgan fingerprint density at radius 3 is 2.80 bits per heavy atom. The third-order valence-electron chi connectivity index (χ3n) is 3.82. The average molecular weight is 353 g/mol. The maximum atomic E-state index is 12.2. The molecule has 0 saturated heterocycles. The molecule has 2 N–H and O–H groups in total. The van der Waals surface area contributed by atoms with Gasteiger partial charge in [-0.2, -0.15) is 10.2 Å². The Labute approximate surface area is 150 Å². The number of hydrogen-bond acceptors (Lipinski definition) is 6. The van der Waals surface area contributed by atoms with E-state index in [9.17, 15) is 4.79 Å². The minimum atomic E-state index is -0.421. The molecule has 0 atom stereocenters. The highest BCUT2D eigenvalue weighted by atomic mass is 32.1. The predicted molar refractivity (Wildman–Crippen MR) is 100 cm³/mol. The van der Waals surface area contributed by atoms with Gasteiger partial charge in [0.1, 0.15) is 0 Å². The van der Waals surface area contributed by atoms with Crippen LogP contribution in [-0.2, 0) is 4.79 Å². The standard InChI is InChI=1S/C18H19N5OS/c1-3-4-9-18(22-23-18)10-8-16(24)20-14-6-5-7-15(11-14)21-17-19-13(2)12-25-17/h1,5-7,11-12H,4,8-10H2,2H3,(H,19,21)(H,20,24). The summed E-state index contributed by atoms with van der Waals surface area (Å²) in [4.78, 5) is 16.5. The van der Waals surface area contributed by atoms with Crippen LogP contribution in [0.25, 0.3) is 0 Å². The number of carbonyl (C=O) groups is 1. The van der Waals surface area contributed by atoms with Crippen molar-refractivity contribution in [2.45, 2.75) is 38.3 Å². The van der Waals surface area contributed by atoms with Crippen LogP contribution in [0.15, 0.2) is 39.9 Å². The van der Waals surface area contributed by atoms with E-state index in [1.165, 1.54) is 0 Å². The summed E-state index contributed by atoms with van der Waals surface area (Å²) in [6.07, 6.45) is 7.56. The number of nitrogens with zero attached hydrogens (tertiary/aromatic N) is 3. The van der Waals surface area contributed by atoms with Gasteiger partial charge < -0.3 is 10.6 Å². The summed E-state index contributed by atoms with van der Waals surface area (Å²) < 4.78 is 0. The normalized spacial score (nSPS) is 13.9. The number of nitrogens with one attached hydrogen (secondary N) is 2. The molecule has 2 aromatic rings. The monoisotopic (exact) mass is 353 g/mol. The molecular formula is C18H19N5OS. The van der Waals surface area contributed by atoms with Crippen LogP contribution < -0.4 is 10.6 Å². The maximum Gasteiger partial charge on any atom is 0.224 e. The van der Waals surface area contributed by atoms with Gasteiger partial charge in [-0.15, -0.1) is 23.7 Å². The Morgan fingerprint density at radius 1 is 1.32 bits per heavy atom. The van der Waals surface area contributed by atoms with E-state index in [4.69, 9.17) is 6.42 Å². The van der Waals surface area contributed by atoms with Crippen molar-refractivity contribution in [2.75, 3.05) is 10.6 Å². The van der Waals surface area contributed by atoms with Crippen LogP contribution in [0.2, 0.25) is 0 Å². The van der Waals surface area contributed by atoms with Crippen molar-refractivity contribution < 1.29 is 4.79 Å². The van der Waals surface area contributed by atoms with E-state index in [1.54, 1.807) is 11.3 Å². The zero-order chi connectivity index (χ0) is 17.7. The molecule has 7 heteroatoms. The highest BCUT2D eigenvalue weighted by Crippen LogP contribution is 2.37. The molecule has 1 aromatic heterocycles. The lowest BCUT2D eigenvalue weighted by Gasteiger charge is -2.10. The summed E-state index contributed by atoms with van der Waals surface area (Å²) in [7, 11) is 0. The smallest absolute Gasteiger partial charge is 0.224 e. The zero-order valence-electron chi connectivity index (χ0n) is 14.0. The van der Waals surface area contributed by atoms with E-state index in [0.29, 0.717) is 25.7 Å². The minimum absolute atomic E-state index is 0.0559. The van der Waals surface area contributed by atoms with Crippen LogP contribution in [0, 0.1) is 19.3 Å². The van der Waals surface area contributed by atoms with E-state index in [2.05, 4.69) is 31.8 Å². The highest BCUT2D eigenvalue weighted by molar-refractivity contribution is 7.13. The first kappa shape index (κ1) is 17.1. The third kappa shape index (κ3) is 4.88. The minimum Gasteiger partial charge on any atom is -0.331 e. The van der Waals surface area contributed by atoms with Gasteiger partial charge in [-0.25, -0.2) is 4.98 Å². The number of aromatic nitrogens is 1. The molecule has 1 aromatic carbocycles. The van der Waals surface area contributed by atoms with Gasteiger partial charge >= 0.3 is 0 Å². The summed E-state index contributed by atoms with van der Waals surface area (Å²) in [5.74, 6) is 2.53. The fraction of sp³-hybridized carbons (Fsp3) is 0.333. The topological polar surface area (TPSA) is 78.7 Å². The molecule has 0 radical (unpaired) electrons. The Kier molecular flexibility index (Phi) is 5.10. The number of thiazole rings is 1.